The molecule has 2 rings (SSSR count). The lowest BCUT2D eigenvalue weighted by Crippen LogP contribution is -2.07. The Morgan fingerprint density at radius 1 is 1.32 bits per heavy atom. The lowest BCUT2D eigenvalue weighted by molar-refractivity contribution is 0.604. The average molecular weight is 277 g/mol. The summed E-state index contributed by atoms with van der Waals surface area (Å²) in [4.78, 5) is 2.81. The zero-order chi connectivity index (χ0) is 14.0. The molecule has 3 nitrogen and oxygen atoms in total. The van der Waals surface area contributed by atoms with E-state index < -0.39 is 0 Å². The van der Waals surface area contributed by atoms with Crippen LogP contribution in [0, 0.1) is 0 Å². The van der Waals surface area contributed by atoms with Crippen molar-refractivity contribution < 1.29 is 0 Å². The second-order valence-corrected chi connectivity index (χ2v) is 7.05. The highest BCUT2D eigenvalue weighted by molar-refractivity contribution is 7.12. The summed E-state index contributed by atoms with van der Waals surface area (Å²) in [5, 5.41) is 7.94. The van der Waals surface area contributed by atoms with Gasteiger partial charge >= 0.3 is 0 Å². The first-order chi connectivity index (χ1) is 8.90. The van der Waals surface area contributed by atoms with Crippen LogP contribution in [0.15, 0.2) is 18.3 Å². The predicted molar refractivity (Wildman–Crippen MR) is 82.9 cm³/mol. The van der Waals surface area contributed by atoms with Gasteiger partial charge in [0.25, 0.3) is 0 Å². The van der Waals surface area contributed by atoms with E-state index in [9.17, 15) is 0 Å². The molecule has 0 saturated heterocycles. The maximum atomic E-state index is 4.44. The van der Waals surface area contributed by atoms with Gasteiger partial charge in [-0.1, -0.05) is 27.7 Å². The molecule has 0 spiro atoms. The highest BCUT2D eigenvalue weighted by Crippen LogP contribution is 2.29. The first-order valence-corrected chi connectivity index (χ1v) is 7.57. The van der Waals surface area contributed by atoms with Crippen LogP contribution in [-0.4, -0.2) is 9.78 Å². The van der Waals surface area contributed by atoms with Gasteiger partial charge in [0.1, 0.15) is 0 Å². The fourth-order valence-electron chi connectivity index (χ4n) is 2.00. The molecule has 0 saturated carbocycles. The fraction of sp³-hybridized carbons (Fsp3) is 0.533. The Morgan fingerprint density at radius 3 is 2.63 bits per heavy atom. The monoisotopic (exact) mass is 277 g/mol. The number of hydrogen-bond donors (Lipinski definition) is 1. The molecule has 0 atom stereocenters. The fourth-order valence-corrected chi connectivity index (χ4v) is 3.01. The van der Waals surface area contributed by atoms with Gasteiger partial charge < -0.3 is 5.32 Å². The molecular weight excluding hydrogens is 254 g/mol. The van der Waals surface area contributed by atoms with Gasteiger partial charge in [-0.2, -0.15) is 5.10 Å². The van der Waals surface area contributed by atoms with Crippen molar-refractivity contribution in [2.45, 2.75) is 46.1 Å². The van der Waals surface area contributed by atoms with Crippen LogP contribution < -0.4 is 5.32 Å². The van der Waals surface area contributed by atoms with E-state index in [1.807, 2.05) is 23.1 Å². The van der Waals surface area contributed by atoms with Crippen molar-refractivity contribution in [3.63, 3.8) is 0 Å². The predicted octanol–water partition coefficient (Wildman–Crippen LogP) is 3.95. The number of nitrogens with one attached hydrogen (secondary N) is 1. The number of aryl methyl sites for hydroxylation is 2. The summed E-state index contributed by atoms with van der Waals surface area (Å²) < 4.78 is 1.87. The SMILES string of the molecule is CCc1nn(C)cc1NCc1ccc(C(C)(C)C)s1. The molecule has 0 amide bonds. The van der Waals surface area contributed by atoms with E-state index in [1.165, 1.54) is 9.75 Å². The third-order valence-electron chi connectivity index (χ3n) is 3.09. The molecule has 1 N–H and O–H groups in total. The van der Waals surface area contributed by atoms with E-state index in [4.69, 9.17) is 0 Å². The molecule has 0 fully saturated rings. The van der Waals surface area contributed by atoms with Crippen molar-refractivity contribution in [3.8, 4) is 0 Å². The summed E-state index contributed by atoms with van der Waals surface area (Å²) in [7, 11) is 1.97. The first kappa shape index (κ1) is 14.1. The Bertz CT molecular complexity index is 546. The van der Waals surface area contributed by atoms with Gasteiger partial charge in [0.15, 0.2) is 0 Å². The molecular formula is C15H23N3S. The second-order valence-electron chi connectivity index (χ2n) is 5.89. The van der Waals surface area contributed by atoms with Crippen molar-refractivity contribution in [3.05, 3.63) is 33.8 Å². The molecule has 0 radical (unpaired) electrons. The maximum Gasteiger partial charge on any atom is 0.0853 e. The lowest BCUT2D eigenvalue weighted by atomic mass is 9.95. The van der Waals surface area contributed by atoms with Gasteiger partial charge in [-0.3, -0.25) is 4.68 Å². The zero-order valence-electron chi connectivity index (χ0n) is 12.4. The lowest BCUT2D eigenvalue weighted by Gasteiger charge is -2.15. The summed E-state index contributed by atoms with van der Waals surface area (Å²) in [6, 6.07) is 4.46. The number of nitrogens with zero attached hydrogens (tertiary/aromatic N) is 2. The normalized spacial score (nSPS) is 11.8. The molecule has 19 heavy (non-hydrogen) atoms. The molecule has 0 bridgehead atoms. The topological polar surface area (TPSA) is 29.9 Å². The van der Waals surface area contributed by atoms with Crippen LogP contribution in [0.2, 0.25) is 0 Å². The summed E-state index contributed by atoms with van der Waals surface area (Å²) in [5.41, 5.74) is 2.53. The smallest absolute Gasteiger partial charge is 0.0853 e. The maximum absolute atomic E-state index is 4.44. The number of rotatable bonds is 4. The third kappa shape index (κ3) is 3.38. The van der Waals surface area contributed by atoms with Crippen LogP contribution in [0.4, 0.5) is 5.69 Å². The molecule has 0 aliphatic rings. The van der Waals surface area contributed by atoms with Crippen molar-refractivity contribution in [2.75, 3.05) is 5.32 Å². The Balaban J connectivity index is 2.04. The molecule has 104 valence electrons. The molecule has 2 heterocycles. The van der Waals surface area contributed by atoms with Crippen molar-refractivity contribution >= 4 is 17.0 Å². The van der Waals surface area contributed by atoms with E-state index in [-0.39, 0.29) is 5.41 Å². The minimum absolute atomic E-state index is 0.242. The van der Waals surface area contributed by atoms with E-state index in [0.29, 0.717) is 0 Å². The van der Waals surface area contributed by atoms with E-state index >= 15 is 0 Å². The molecule has 0 aromatic carbocycles. The van der Waals surface area contributed by atoms with Crippen LogP contribution >= 0.6 is 11.3 Å². The summed E-state index contributed by atoms with van der Waals surface area (Å²) >= 11 is 1.89. The Labute approximate surface area is 119 Å². The van der Waals surface area contributed by atoms with E-state index in [1.54, 1.807) is 0 Å². The highest BCUT2D eigenvalue weighted by Gasteiger charge is 2.16. The van der Waals surface area contributed by atoms with Crippen LogP contribution in [0.5, 0.6) is 0 Å². The molecule has 4 heteroatoms. The molecule has 2 aromatic heterocycles. The Morgan fingerprint density at radius 2 is 2.05 bits per heavy atom. The zero-order valence-corrected chi connectivity index (χ0v) is 13.3. The standard InChI is InChI=1S/C15H23N3S/c1-6-12-13(10-18(5)17-12)16-9-11-7-8-14(19-11)15(2,3)4/h7-8,10,16H,6,9H2,1-5H3. The number of anilines is 1. The van der Waals surface area contributed by atoms with Gasteiger partial charge in [0.05, 0.1) is 11.4 Å². The van der Waals surface area contributed by atoms with E-state index in [2.05, 4.69) is 56.4 Å². The Hall–Kier alpha value is -1.29. The van der Waals surface area contributed by atoms with Crippen molar-refractivity contribution in [2.24, 2.45) is 7.05 Å². The van der Waals surface area contributed by atoms with Gasteiger partial charge in [0.2, 0.25) is 0 Å². The van der Waals surface area contributed by atoms with Gasteiger partial charge in [-0.05, 0) is 24.0 Å². The largest absolute Gasteiger partial charge is 0.377 e. The highest BCUT2D eigenvalue weighted by atomic mass is 32.1. The quantitative estimate of drug-likeness (QED) is 0.917. The molecule has 0 aliphatic heterocycles. The summed E-state index contributed by atoms with van der Waals surface area (Å²) in [5.74, 6) is 0. The van der Waals surface area contributed by atoms with Crippen molar-refractivity contribution in [1.29, 1.82) is 0 Å². The minimum atomic E-state index is 0.242. The van der Waals surface area contributed by atoms with Gasteiger partial charge in [-0.25, -0.2) is 0 Å². The average Bonchev–Trinajstić information content (AvgIpc) is 2.91. The number of thiophene rings is 1. The minimum Gasteiger partial charge on any atom is -0.377 e. The van der Waals surface area contributed by atoms with Crippen LogP contribution in [0.1, 0.15) is 43.1 Å². The van der Waals surface area contributed by atoms with Gasteiger partial charge in [0, 0.05) is 29.5 Å². The molecule has 2 aromatic rings. The Kier molecular flexibility index (Phi) is 3.99. The third-order valence-corrected chi connectivity index (χ3v) is 4.61. The van der Waals surface area contributed by atoms with Crippen LogP contribution in [0.25, 0.3) is 0 Å². The van der Waals surface area contributed by atoms with Crippen LogP contribution in [-0.2, 0) is 25.4 Å². The van der Waals surface area contributed by atoms with Crippen molar-refractivity contribution in [1.82, 2.24) is 9.78 Å². The first-order valence-electron chi connectivity index (χ1n) is 6.75. The second kappa shape index (κ2) is 5.37. The number of hydrogen-bond acceptors (Lipinski definition) is 3. The molecule has 0 unspecified atom stereocenters. The number of aromatic nitrogens is 2. The molecule has 0 aliphatic carbocycles. The van der Waals surface area contributed by atoms with Crippen LogP contribution in [0.3, 0.4) is 0 Å². The summed E-state index contributed by atoms with van der Waals surface area (Å²) in [6.07, 6.45) is 3.01. The van der Waals surface area contributed by atoms with E-state index in [0.717, 1.165) is 24.3 Å². The van der Waals surface area contributed by atoms with Gasteiger partial charge in [-0.15, -0.1) is 11.3 Å². The summed E-state index contributed by atoms with van der Waals surface area (Å²) in [6.45, 7) is 9.78.